The van der Waals surface area contributed by atoms with Gasteiger partial charge in [-0.2, -0.15) is 4.98 Å². The van der Waals surface area contributed by atoms with Crippen LogP contribution in [0.4, 0.5) is 5.95 Å². The average Bonchev–Trinajstić information content (AvgIpc) is 2.72. The lowest BCUT2D eigenvalue weighted by atomic mass is 9.97. The smallest absolute Gasteiger partial charge is 0.259 e. The van der Waals surface area contributed by atoms with Crippen LogP contribution in [0.5, 0.6) is 0 Å². The molecule has 1 aliphatic rings. The van der Waals surface area contributed by atoms with Crippen molar-refractivity contribution in [2.75, 3.05) is 18.5 Å². The van der Waals surface area contributed by atoms with Gasteiger partial charge in [-0.3, -0.25) is 14.4 Å². The summed E-state index contributed by atoms with van der Waals surface area (Å²) in [5.41, 5.74) is 6.00. The number of pyridine rings is 1. The molecule has 1 saturated heterocycles. The second-order valence-electron chi connectivity index (χ2n) is 8.04. The molecule has 31 heavy (non-hydrogen) atoms. The number of allylic oxidation sites excluding steroid dienone is 1. The molecule has 1 N–H and O–H groups in total. The quantitative estimate of drug-likeness (QED) is 0.636. The van der Waals surface area contributed by atoms with E-state index in [1.807, 2.05) is 52.0 Å². The Kier molecular flexibility index (Phi) is 5.69. The highest BCUT2D eigenvalue weighted by Crippen LogP contribution is 2.27. The summed E-state index contributed by atoms with van der Waals surface area (Å²) in [5, 5.41) is 4.05. The van der Waals surface area contributed by atoms with Gasteiger partial charge in [-0.1, -0.05) is 18.2 Å². The zero-order chi connectivity index (χ0) is 22.1. The minimum atomic E-state index is -0.0892. The number of aliphatic imine (C=N–C) groups is 1. The van der Waals surface area contributed by atoms with E-state index in [1.54, 1.807) is 17.8 Å². The van der Waals surface area contributed by atoms with E-state index >= 15 is 0 Å². The number of aromatic nitrogens is 3. The number of hydrogen-bond acceptors (Lipinski definition) is 6. The second kappa shape index (κ2) is 8.43. The van der Waals surface area contributed by atoms with Crippen LogP contribution in [-0.4, -0.2) is 39.5 Å². The molecular weight excluding hydrogens is 390 g/mol. The molecule has 7 nitrogen and oxygen atoms in total. The minimum Gasteiger partial charge on any atom is -0.377 e. The molecule has 3 heterocycles. The topological polar surface area (TPSA) is 81.4 Å². The summed E-state index contributed by atoms with van der Waals surface area (Å²) in [6, 6.07) is 8.17. The summed E-state index contributed by atoms with van der Waals surface area (Å²) in [5.74, 6) is 0.509. The van der Waals surface area contributed by atoms with E-state index in [-0.39, 0.29) is 11.6 Å². The summed E-state index contributed by atoms with van der Waals surface area (Å²) < 4.78 is 6.77. The maximum atomic E-state index is 13.2. The van der Waals surface area contributed by atoms with Crippen LogP contribution in [0.15, 0.2) is 46.3 Å². The molecule has 0 amide bonds. The molecule has 0 radical (unpaired) electrons. The number of hydrogen-bond donors (Lipinski definition) is 1. The van der Waals surface area contributed by atoms with Crippen molar-refractivity contribution in [1.82, 2.24) is 14.5 Å². The fraction of sp³-hybridized carbons (Fsp3) is 0.333. The Morgan fingerprint density at radius 2 is 2.03 bits per heavy atom. The number of aryl methyl sites for hydroxylation is 2. The number of nitrogens with zero attached hydrogens (tertiary/aromatic N) is 4. The molecular formula is C24H27N5O2. The van der Waals surface area contributed by atoms with Gasteiger partial charge in [0, 0.05) is 35.5 Å². The normalized spacial score (nSPS) is 14.4. The van der Waals surface area contributed by atoms with Crippen LogP contribution in [0.1, 0.15) is 31.9 Å². The standard InChI is InChI=1S/C24H27N5O2/c1-6-21(26-14(2)3)16-7-8-19(15(4)9-16)20-10-17-11-25-24(27-18-12-31-13-18)28-22(17)29(5)23(20)30/h6-11,18H,12-13H2,1-5H3,(H,25,27,28)/b21-6-. The first kappa shape index (κ1) is 20.9. The first-order chi connectivity index (χ1) is 14.9. The van der Waals surface area contributed by atoms with Crippen molar-refractivity contribution in [3.05, 3.63) is 58.0 Å². The lowest BCUT2D eigenvalue weighted by Crippen LogP contribution is -2.40. The Balaban J connectivity index is 1.75. The molecule has 0 aliphatic carbocycles. The summed E-state index contributed by atoms with van der Waals surface area (Å²) in [7, 11) is 1.75. The minimum absolute atomic E-state index is 0.0892. The van der Waals surface area contributed by atoms with Gasteiger partial charge in [-0.25, -0.2) is 4.98 Å². The molecule has 1 aliphatic heterocycles. The van der Waals surface area contributed by atoms with Gasteiger partial charge in [0.25, 0.3) is 5.56 Å². The average molecular weight is 418 g/mol. The third-order valence-electron chi connectivity index (χ3n) is 5.35. The third kappa shape index (κ3) is 4.14. The molecule has 0 unspecified atom stereocenters. The Bertz CT molecular complexity index is 1260. The van der Waals surface area contributed by atoms with Crippen LogP contribution in [0, 0.1) is 6.92 Å². The summed E-state index contributed by atoms with van der Waals surface area (Å²) in [6.45, 7) is 9.24. The number of ether oxygens (including phenoxy) is 1. The number of nitrogens with one attached hydrogen (secondary N) is 1. The molecule has 4 rings (SSSR count). The van der Waals surface area contributed by atoms with E-state index in [4.69, 9.17) is 4.74 Å². The first-order valence-electron chi connectivity index (χ1n) is 10.4. The molecule has 160 valence electrons. The predicted octanol–water partition coefficient (Wildman–Crippen LogP) is 3.96. The molecule has 0 spiro atoms. The maximum Gasteiger partial charge on any atom is 0.259 e. The van der Waals surface area contributed by atoms with E-state index in [2.05, 4.69) is 26.3 Å². The van der Waals surface area contributed by atoms with E-state index in [9.17, 15) is 4.79 Å². The third-order valence-corrected chi connectivity index (χ3v) is 5.35. The van der Waals surface area contributed by atoms with Crippen molar-refractivity contribution < 1.29 is 4.74 Å². The first-order valence-corrected chi connectivity index (χ1v) is 10.4. The number of anilines is 1. The van der Waals surface area contributed by atoms with E-state index in [0.29, 0.717) is 30.4 Å². The van der Waals surface area contributed by atoms with Crippen LogP contribution >= 0.6 is 0 Å². The van der Waals surface area contributed by atoms with Crippen molar-refractivity contribution >= 4 is 28.4 Å². The number of fused-ring (bicyclic) bond motifs is 1. The highest BCUT2D eigenvalue weighted by atomic mass is 16.5. The van der Waals surface area contributed by atoms with E-state index < -0.39 is 0 Å². The van der Waals surface area contributed by atoms with Gasteiger partial charge >= 0.3 is 0 Å². The Hall–Kier alpha value is -3.32. The van der Waals surface area contributed by atoms with Crippen LogP contribution in [0.3, 0.4) is 0 Å². The zero-order valence-corrected chi connectivity index (χ0v) is 18.6. The molecule has 0 bridgehead atoms. The van der Waals surface area contributed by atoms with Gasteiger partial charge < -0.3 is 10.1 Å². The van der Waals surface area contributed by atoms with Gasteiger partial charge in [0.1, 0.15) is 5.65 Å². The van der Waals surface area contributed by atoms with Crippen molar-refractivity contribution in [1.29, 1.82) is 0 Å². The fourth-order valence-electron chi connectivity index (χ4n) is 3.67. The summed E-state index contributed by atoms with van der Waals surface area (Å²) in [6.07, 6.45) is 3.75. The van der Waals surface area contributed by atoms with Gasteiger partial charge in [0.05, 0.1) is 25.0 Å². The van der Waals surface area contributed by atoms with E-state index in [1.165, 1.54) is 0 Å². The highest BCUT2D eigenvalue weighted by Gasteiger charge is 2.20. The lowest BCUT2D eigenvalue weighted by molar-refractivity contribution is 0.0208. The van der Waals surface area contributed by atoms with Gasteiger partial charge in [0.15, 0.2) is 0 Å². The second-order valence-corrected chi connectivity index (χ2v) is 8.04. The number of benzene rings is 1. The maximum absolute atomic E-state index is 13.2. The monoisotopic (exact) mass is 417 g/mol. The van der Waals surface area contributed by atoms with Crippen LogP contribution in [0.25, 0.3) is 27.9 Å². The molecule has 7 heteroatoms. The Morgan fingerprint density at radius 1 is 1.26 bits per heavy atom. The SMILES string of the molecule is C/C=C(\N=C(C)C)c1ccc(-c2cc3cnc(NC4COC4)nc3n(C)c2=O)c(C)c1. The highest BCUT2D eigenvalue weighted by molar-refractivity contribution is 5.87. The predicted molar refractivity (Wildman–Crippen MR) is 126 cm³/mol. The molecule has 0 saturated carbocycles. The van der Waals surface area contributed by atoms with Crippen LogP contribution in [0.2, 0.25) is 0 Å². The van der Waals surface area contributed by atoms with Gasteiger partial charge in [-0.05, 0) is 51.0 Å². The van der Waals surface area contributed by atoms with Crippen LogP contribution < -0.4 is 10.9 Å². The Morgan fingerprint density at radius 3 is 2.65 bits per heavy atom. The largest absolute Gasteiger partial charge is 0.377 e. The Labute approximate surface area is 181 Å². The van der Waals surface area contributed by atoms with Gasteiger partial charge in [0.2, 0.25) is 5.95 Å². The summed E-state index contributed by atoms with van der Waals surface area (Å²) >= 11 is 0. The van der Waals surface area contributed by atoms with Crippen molar-refractivity contribution in [3.8, 4) is 11.1 Å². The van der Waals surface area contributed by atoms with E-state index in [0.717, 1.165) is 33.5 Å². The zero-order valence-electron chi connectivity index (χ0n) is 18.6. The summed E-state index contributed by atoms with van der Waals surface area (Å²) in [4.78, 5) is 26.8. The van der Waals surface area contributed by atoms with Crippen molar-refractivity contribution in [3.63, 3.8) is 0 Å². The molecule has 1 aromatic carbocycles. The fourth-order valence-corrected chi connectivity index (χ4v) is 3.67. The lowest BCUT2D eigenvalue weighted by Gasteiger charge is -2.26. The van der Waals surface area contributed by atoms with Gasteiger partial charge in [-0.15, -0.1) is 0 Å². The molecule has 2 aromatic heterocycles. The molecule has 1 fully saturated rings. The molecule has 3 aromatic rings. The van der Waals surface area contributed by atoms with Crippen molar-refractivity contribution in [2.45, 2.75) is 33.7 Å². The molecule has 0 atom stereocenters. The van der Waals surface area contributed by atoms with Crippen molar-refractivity contribution in [2.24, 2.45) is 12.0 Å². The number of rotatable bonds is 5. The van der Waals surface area contributed by atoms with Crippen LogP contribution in [-0.2, 0) is 11.8 Å².